The molecule has 3 aliphatic heterocycles. The molecule has 0 spiro atoms. The Morgan fingerprint density at radius 2 is 1.88 bits per heavy atom. The number of piperazine rings is 1. The lowest BCUT2D eigenvalue weighted by Gasteiger charge is -2.37. The maximum absolute atomic E-state index is 14.9. The third kappa shape index (κ3) is 6.08. The van der Waals surface area contributed by atoms with Crippen molar-refractivity contribution in [3.05, 3.63) is 30.0 Å². The van der Waals surface area contributed by atoms with Crippen molar-refractivity contribution in [2.24, 2.45) is 0 Å². The molecule has 2 saturated heterocycles. The van der Waals surface area contributed by atoms with Crippen LogP contribution in [0.3, 0.4) is 0 Å². The van der Waals surface area contributed by atoms with E-state index in [9.17, 15) is 18.4 Å². The van der Waals surface area contributed by atoms with Crippen LogP contribution in [0.25, 0.3) is 0 Å². The van der Waals surface area contributed by atoms with E-state index in [0.29, 0.717) is 23.0 Å². The number of carbonyl (C=O) groups is 2. The fraction of sp³-hybridized carbons (Fsp3) is 0.586. The molecule has 0 radical (unpaired) electrons. The number of benzene rings is 1. The van der Waals surface area contributed by atoms with E-state index in [1.165, 1.54) is 20.4 Å². The van der Waals surface area contributed by atoms with Crippen molar-refractivity contribution in [1.82, 2.24) is 30.6 Å². The monoisotopic (exact) mass is 599 g/mol. The van der Waals surface area contributed by atoms with Crippen molar-refractivity contribution in [1.29, 1.82) is 0 Å². The lowest BCUT2D eigenvalue weighted by atomic mass is 10.1. The Labute approximate surface area is 249 Å². The van der Waals surface area contributed by atoms with Gasteiger partial charge in [-0.05, 0) is 44.0 Å². The van der Waals surface area contributed by atoms with Crippen LogP contribution in [0.2, 0.25) is 0 Å². The average Bonchev–Trinajstić information content (AvgIpc) is 3.74. The normalized spacial score (nSPS) is 23.3. The summed E-state index contributed by atoms with van der Waals surface area (Å²) in [4.78, 5) is 39.6. The summed E-state index contributed by atoms with van der Waals surface area (Å²) in [5.41, 5.74) is 4.18. The Balaban J connectivity index is 1.17. The molecular formula is C29H39F2N9O3. The van der Waals surface area contributed by atoms with Crippen molar-refractivity contribution in [2.45, 2.75) is 50.1 Å². The van der Waals surface area contributed by atoms with Gasteiger partial charge in [-0.1, -0.05) is 12.8 Å². The summed E-state index contributed by atoms with van der Waals surface area (Å²) in [6, 6.07) is 5.45. The molecule has 1 saturated carbocycles. The molecule has 3 N–H and O–H groups in total. The summed E-state index contributed by atoms with van der Waals surface area (Å²) in [5.74, 6) is -4.21. The SMILES string of the molecule is COc1cc(C(=O)NN2CCN(C3CCNC3)CC2)ccc1Nc1ncc2c(n1)N(C1CCCC1)CC(F)(F)C(=O)N2C. The third-order valence-corrected chi connectivity index (χ3v) is 8.97. The maximum atomic E-state index is 14.9. The van der Waals surface area contributed by atoms with Crippen molar-refractivity contribution in [2.75, 3.05) is 75.1 Å². The van der Waals surface area contributed by atoms with Crippen LogP contribution in [-0.2, 0) is 4.79 Å². The minimum absolute atomic E-state index is 0.137. The van der Waals surface area contributed by atoms with E-state index in [-0.39, 0.29) is 29.4 Å². The summed E-state index contributed by atoms with van der Waals surface area (Å²) in [6.07, 6.45) is 5.94. The standard InChI is InChI=1S/C29H39F2N9O3/c1-37-23-17-33-28(35-25(23)40(20-5-3-4-6-20)18-29(30,31)27(37)42)34-22-8-7-19(15-24(22)43-2)26(41)36-39-13-11-38(12-14-39)21-9-10-32-16-21/h7-8,15,17,20-21,32H,3-6,9-14,16,18H2,1-2H3,(H,36,41)(H,33,34,35). The van der Waals surface area contributed by atoms with E-state index in [2.05, 4.69) is 30.9 Å². The van der Waals surface area contributed by atoms with Gasteiger partial charge in [0.15, 0.2) is 5.82 Å². The Bertz CT molecular complexity index is 1340. The number of nitrogens with one attached hydrogen (secondary N) is 3. The van der Waals surface area contributed by atoms with Crippen LogP contribution in [0.4, 0.5) is 31.9 Å². The van der Waals surface area contributed by atoms with Gasteiger partial charge in [-0.3, -0.25) is 19.9 Å². The highest BCUT2D eigenvalue weighted by molar-refractivity contribution is 6.02. The number of ether oxygens (including phenoxy) is 1. The maximum Gasteiger partial charge on any atom is 0.342 e. The smallest absolute Gasteiger partial charge is 0.342 e. The van der Waals surface area contributed by atoms with Gasteiger partial charge >= 0.3 is 5.92 Å². The van der Waals surface area contributed by atoms with Gasteiger partial charge in [0.05, 0.1) is 25.5 Å². The molecule has 43 heavy (non-hydrogen) atoms. The van der Waals surface area contributed by atoms with Gasteiger partial charge in [0.2, 0.25) is 5.95 Å². The lowest BCUT2D eigenvalue weighted by molar-refractivity contribution is -0.140. The third-order valence-electron chi connectivity index (χ3n) is 8.97. The summed E-state index contributed by atoms with van der Waals surface area (Å²) in [5, 5.41) is 8.47. The van der Waals surface area contributed by atoms with Crippen LogP contribution >= 0.6 is 0 Å². The lowest BCUT2D eigenvalue weighted by Crippen LogP contribution is -2.56. The fourth-order valence-electron chi connectivity index (χ4n) is 6.52. The van der Waals surface area contributed by atoms with Crippen LogP contribution in [-0.4, -0.2) is 110 Å². The number of hydrogen-bond donors (Lipinski definition) is 3. The first-order valence-electron chi connectivity index (χ1n) is 15.0. The molecule has 1 aromatic heterocycles. The molecule has 4 heterocycles. The van der Waals surface area contributed by atoms with E-state index in [1.807, 2.05) is 5.01 Å². The van der Waals surface area contributed by atoms with E-state index in [4.69, 9.17) is 4.74 Å². The van der Waals surface area contributed by atoms with Crippen LogP contribution in [0.15, 0.2) is 24.4 Å². The number of nitrogens with zero attached hydrogens (tertiary/aromatic N) is 6. The van der Waals surface area contributed by atoms with Crippen molar-refractivity contribution >= 4 is 35.0 Å². The number of alkyl halides is 2. The highest BCUT2D eigenvalue weighted by Crippen LogP contribution is 2.40. The van der Waals surface area contributed by atoms with E-state index in [1.54, 1.807) is 23.1 Å². The van der Waals surface area contributed by atoms with Gasteiger partial charge in [0, 0.05) is 57.4 Å². The van der Waals surface area contributed by atoms with Gasteiger partial charge in [0.25, 0.3) is 11.8 Å². The number of fused-ring (bicyclic) bond motifs is 1. The van der Waals surface area contributed by atoms with E-state index in [0.717, 1.165) is 76.3 Å². The highest BCUT2D eigenvalue weighted by atomic mass is 19.3. The van der Waals surface area contributed by atoms with Crippen LogP contribution < -0.4 is 30.6 Å². The number of rotatable bonds is 7. The molecule has 1 atom stereocenters. The Morgan fingerprint density at radius 1 is 1.12 bits per heavy atom. The molecule has 2 amide bonds. The van der Waals surface area contributed by atoms with Crippen molar-refractivity contribution < 1.29 is 23.1 Å². The zero-order chi connectivity index (χ0) is 30.1. The summed E-state index contributed by atoms with van der Waals surface area (Å²) < 4.78 is 35.4. The Kier molecular flexibility index (Phi) is 8.34. The molecule has 3 fully saturated rings. The molecular weight excluding hydrogens is 560 g/mol. The molecule has 232 valence electrons. The summed E-state index contributed by atoms with van der Waals surface area (Å²) >= 11 is 0. The van der Waals surface area contributed by atoms with Crippen molar-refractivity contribution in [3.8, 4) is 5.75 Å². The van der Waals surface area contributed by atoms with Gasteiger partial charge < -0.3 is 25.2 Å². The van der Waals surface area contributed by atoms with Crippen LogP contribution in [0.1, 0.15) is 42.5 Å². The van der Waals surface area contributed by atoms with Crippen LogP contribution in [0.5, 0.6) is 5.75 Å². The Morgan fingerprint density at radius 3 is 2.58 bits per heavy atom. The number of halogens is 2. The second-order valence-corrected chi connectivity index (χ2v) is 11.7. The zero-order valence-electron chi connectivity index (χ0n) is 24.6. The first kappa shape index (κ1) is 29.5. The van der Waals surface area contributed by atoms with E-state index < -0.39 is 18.4 Å². The van der Waals surface area contributed by atoms with Gasteiger partial charge in [-0.15, -0.1) is 0 Å². The zero-order valence-corrected chi connectivity index (χ0v) is 24.6. The second kappa shape index (κ2) is 12.2. The van der Waals surface area contributed by atoms with Gasteiger partial charge in [-0.25, -0.2) is 9.99 Å². The summed E-state index contributed by atoms with van der Waals surface area (Å²) in [7, 11) is 2.82. The topological polar surface area (TPSA) is 118 Å². The van der Waals surface area contributed by atoms with Crippen molar-refractivity contribution in [3.63, 3.8) is 0 Å². The quantitative estimate of drug-likeness (QED) is 0.437. The number of methoxy groups -OCH3 is 1. The molecule has 14 heteroatoms. The number of carbonyl (C=O) groups excluding carboxylic acids is 2. The molecule has 6 rings (SSSR count). The number of hydrazine groups is 1. The predicted octanol–water partition coefficient (Wildman–Crippen LogP) is 2.21. The molecule has 2 aromatic rings. The van der Waals surface area contributed by atoms with Gasteiger partial charge in [0.1, 0.15) is 11.4 Å². The first-order chi connectivity index (χ1) is 20.7. The Hall–Kier alpha value is -3.62. The molecule has 0 bridgehead atoms. The highest BCUT2D eigenvalue weighted by Gasteiger charge is 2.48. The predicted molar refractivity (Wildman–Crippen MR) is 158 cm³/mol. The minimum Gasteiger partial charge on any atom is -0.495 e. The van der Waals surface area contributed by atoms with Crippen LogP contribution in [0, 0.1) is 0 Å². The minimum atomic E-state index is -3.55. The number of hydrogen-bond acceptors (Lipinski definition) is 10. The molecule has 12 nitrogen and oxygen atoms in total. The molecule has 4 aliphatic rings. The molecule has 1 aromatic carbocycles. The van der Waals surface area contributed by atoms with E-state index >= 15 is 0 Å². The molecule has 1 aliphatic carbocycles. The average molecular weight is 600 g/mol. The largest absolute Gasteiger partial charge is 0.495 e. The number of anilines is 4. The fourth-order valence-corrected chi connectivity index (χ4v) is 6.52. The number of aromatic nitrogens is 2. The summed E-state index contributed by atoms with van der Waals surface area (Å²) in [6.45, 7) is 4.65. The number of amides is 2. The first-order valence-corrected chi connectivity index (χ1v) is 15.0. The second-order valence-electron chi connectivity index (χ2n) is 11.7. The molecule has 1 unspecified atom stereocenters. The van der Waals surface area contributed by atoms with Gasteiger partial charge in [-0.2, -0.15) is 13.8 Å².